The number of hydrogen-bond acceptors (Lipinski definition) is 4. The summed E-state index contributed by atoms with van der Waals surface area (Å²) in [7, 11) is 1.98. The van der Waals surface area contributed by atoms with Crippen molar-refractivity contribution in [3.05, 3.63) is 11.7 Å². The summed E-state index contributed by atoms with van der Waals surface area (Å²) in [5.74, 6) is 3.07. The third-order valence-electron chi connectivity index (χ3n) is 5.08. The highest BCUT2D eigenvalue weighted by atomic mass is 16.5. The molecule has 0 bridgehead atoms. The summed E-state index contributed by atoms with van der Waals surface area (Å²) < 4.78 is 5.42. The minimum Gasteiger partial charge on any atom is -0.339 e. The molecule has 21 heavy (non-hydrogen) atoms. The lowest BCUT2D eigenvalue weighted by Crippen LogP contribution is -2.25. The first kappa shape index (κ1) is 16.5. The van der Waals surface area contributed by atoms with Gasteiger partial charge in [0.2, 0.25) is 5.89 Å². The van der Waals surface area contributed by atoms with Crippen molar-refractivity contribution in [3.8, 4) is 0 Å². The highest BCUT2D eigenvalue weighted by molar-refractivity contribution is 4.99. The summed E-state index contributed by atoms with van der Waals surface area (Å²) in [6, 6.07) is 0.488. The van der Waals surface area contributed by atoms with E-state index < -0.39 is 0 Å². The molecule has 1 aromatic heterocycles. The third kappa shape index (κ3) is 4.53. The summed E-state index contributed by atoms with van der Waals surface area (Å²) >= 11 is 0. The summed E-state index contributed by atoms with van der Waals surface area (Å²) in [6.07, 6.45) is 6.88. The zero-order chi connectivity index (χ0) is 15.5. The van der Waals surface area contributed by atoms with Crippen LogP contribution < -0.4 is 5.32 Å². The second kappa shape index (κ2) is 6.91. The molecule has 0 aliphatic heterocycles. The van der Waals surface area contributed by atoms with E-state index in [-0.39, 0.29) is 0 Å². The fraction of sp³-hybridized carbons (Fsp3) is 0.882. The number of nitrogens with zero attached hydrogens (tertiary/aromatic N) is 2. The van der Waals surface area contributed by atoms with Crippen LogP contribution in [0.5, 0.6) is 0 Å². The number of hydrogen-bond donors (Lipinski definition) is 1. The lowest BCUT2D eigenvalue weighted by atomic mass is 9.70. The van der Waals surface area contributed by atoms with Crippen molar-refractivity contribution >= 4 is 0 Å². The maximum atomic E-state index is 5.42. The second-order valence-electron chi connectivity index (χ2n) is 7.69. The highest BCUT2D eigenvalue weighted by Gasteiger charge is 2.31. The molecular formula is C17H31N3O. The van der Waals surface area contributed by atoms with Crippen molar-refractivity contribution in [1.82, 2.24) is 15.5 Å². The Hall–Kier alpha value is -0.900. The van der Waals surface area contributed by atoms with Crippen LogP contribution in [-0.2, 0) is 6.42 Å². The molecule has 0 saturated heterocycles. The molecule has 1 saturated carbocycles. The van der Waals surface area contributed by atoms with Crippen molar-refractivity contribution in [1.29, 1.82) is 0 Å². The Morgan fingerprint density at radius 2 is 1.90 bits per heavy atom. The normalized spacial score (nSPS) is 25.0. The average molecular weight is 293 g/mol. The second-order valence-corrected chi connectivity index (χ2v) is 7.69. The van der Waals surface area contributed by atoms with Crippen molar-refractivity contribution < 1.29 is 4.52 Å². The number of nitrogens with one attached hydrogen (secondary N) is 1. The Bertz CT molecular complexity index is 427. The first-order chi connectivity index (χ1) is 9.90. The van der Waals surface area contributed by atoms with Crippen molar-refractivity contribution in [3.63, 3.8) is 0 Å². The molecule has 1 atom stereocenters. The molecule has 1 aliphatic rings. The Labute approximate surface area is 129 Å². The van der Waals surface area contributed by atoms with Gasteiger partial charge in [0.15, 0.2) is 5.82 Å². The fourth-order valence-corrected chi connectivity index (χ4v) is 3.24. The number of rotatable bonds is 5. The van der Waals surface area contributed by atoms with Gasteiger partial charge in [-0.25, -0.2) is 0 Å². The molecule has 2 rings (SSSR count). The molecule has 120 valence electrons. The summed E-state index contributed by atoms with van der Waals surface area (Å²) in [5, 5.41) is 7.46. The highest BCUT2D eigenvalue weighted by Crippen LogP contribution is 2.42. The molecule has 4 heteroatoms. The minimum atomic E-state index is 0.427. The van der Waals surface area contributed by atoms with Crippen LogP contribution in [-0.4, -0.2) is 23.2 Å². The lowest BCUT2D eigenvalue weighted by molar-refractivity contribution is 0.166. The number of aromatic nitrogens is 2. The van der Waals surface area contributed by atoms with E-state index in [9.17, 15) is 0 Å². The topological polar surface area (TPSA) is 51.0 Å². The van der Waals surface area contributed by atoms with E-state index in [2.05, 4.69) is 43.2 Å². The lowest BCUT2D eigenvalue weighted by Gasteiger charge is -2.36. The minimum absolute atomic E-state index is 0.427. The van der Waals surface area contributed by atoms with E-state index in [1.54, 1.807) is 0 Å². The van der Waals surface area contributed by atoms with Crippen molar-refractivity contribution in [2.75, 3.05) is 7.05 Å². The molecule has 0 amide bonds. The molecular weight excluding hydrogens is 262 g/mol. The van der Waals surface area contributed by atoms with Crippen molar-refractivity contribution in [2.45, 2.75) is 78.2 Å². The average Bonchev–Trinajstić information content (AvgIpc) is 2.93. The first-order valence-electron chi connectivity index (χ1n) is 8.40. The number of aryl methyl sites for hydroxylation is 1. The Balaban J connectivity index is 1.85. The molecule has 1 aromatic rings. The van der Waals surface area contributed by atoms with Gasteiger partial charge in [-0.15, -0.1) is 0 Å². The van der Waals surface area contributed by atoms with Gasteiger partial charge in [-0.05, 0) is 57.4 Å². The SMILES string of the molecule is CNC(C)CCc1nc(C2CCC(C(C)(C)C)CC2)no1. The Morgan fingerprint density at radius 3 is 2.48 bits per heavy atom. The zero-order valence-corrected chi connectivity index (χ0v) is 14.3. The van der Waals surface area contributed by atoms with E-state index in [1.165, 1.54) is 25.7 Å². The monoisotopic (exact) mass is 293 g/mol. The van der Waals surface area contributed by atoms with Gasteiger partial charge in [0, 0.05) is 18.4 Å². The molecule has 4 nitrogen and oxygen atoms in total. The Morgan fingerprint density at radius 1 is 1.24 bits per heavy atom. The zero-order valence-electron chi connectivity index (χ0n) is 14.3. The predicted octanol–water partition coefficient (Wildman–Crippen LogP) is 3.93. The van der Waals surface area contributed by atoms with E-state index in [0.29, 0.717) is 17.4 Å². The van der Waals surface area contributed by atoms with Crippen LogP contribution in [0.4, 0.5) is 0 Å². The predicted molar refractivity (Wildman–Crippen MR) is 85.3 cm³/mol. The largest absolute Gasteiger partial charge is 0.339 e. The van der Waals surface area contributed by atoms with Gasteiger partial charge < -0.3 is 9.84 Å². The van der Waals surface area contributed by atoms with Crippen molar-refractivity contribution in [2.24, 2.45) is 11.3 Å². The molecule has 1 fully saturated rings. The van der Waals surface area contributed by atoms with Crippen LogP contribution in [0, 0.1) is 11.3 Å². The quantitative estimate of drug-likeness (QED) is 0.893. The molecule has 1 N–H and O–H groups in total. The van der Waals surface area contributed by atoms with Gasteiger partial charge in [-0.1, -0.05) is 25.9 Å². The van der Waals surface area contributed by atoms with E-state index in [4.69, 9.17) is 4.52 Å². The van der Waals surface area contributed by atoms with Gasteiger partial charge in [0.25, 0.3) is 0 Å². The van der Waals surface area contributed by atoms with E-state index in [1.807, 2.05) is 7.05 Å². The van der Waals surface area contributed by atoms with Gasteiger partial charge in [-0.3, -0.25) is 0 Å². The van der Waals surface area contributed by atoms with E-state index in [0.717, 1.165) is 30.5 Å². The smallest absolute Gasteiger partial charge is 0.226 e. The molecule has 0 radical (unpaired) electrons. The van der Waals surface area contributed by atoms with Gasteiger partial charge in [0.05, 0.1) is 0 Å². The first-order valence-corrected chi connectivity index (χ1v) is 8.40. The van der Waals surface area contributed by atoms with Crippen LogP contribution in [0.2, 0.25) is 0 Å². The molecule has 1 unspecified atom stereocenters. The standard InChI is InChI=1S/C17H31N3O/c1-12(18-5)6-11-15-19-16(20-21-15)13-7-9-14(10-8-13)17(2,3)4/h12-14,18H,6-11H2,1-5H3. The molecule has 0 aromatic carbocycles. The fourth-order valence-electron chi connectivity index (χ4n) is 3.24. The van der Waals surface area contributed by atoms with Crippen LogP contribution in [0.25, 0.3) is 0 Å². The molecule has 0 spiro atoms. The Kier molecular flexibility index (Phi) is 5.42. The van der Waals surface area contributed by atoms with Crippen LogP contribution in [0.15, 0.2) is 4.52 Å². The van der Waals surface area contributed by atoms with Crippen LogP contribution in [0.1, 0.15) is 77.4 Å². The molecule has 1 heterocycles. The maximum Gasteiger partial charge on any atom is 0.226 e. The van der Waals surface area contributed by atoms with E-state index >= 15 is 0 Å². The van der Waals surface area contributed by atoms with Gasteiger partial charge in [-0.2, -0.15) is 4.98 Å². The van der Waals surface area contributed by atoms with Gasteiger partial charge >= 0.3 is 0 Å². The summed E-state index contributed by atoms with van der Waals surface area (Å²) in [4.78, 5) is 4.62. The van der Waals surface area contributed by atoms with Gasteiger partial charge in [0.1, 0.15) is 0 Å². The van der Waals surface area contributed by atoms with Crippen LogP contribution in [0.3, 0.4) is 0 Å². The van der Waals surface area contributed by atoms with Crippen LogP contribution >= 0.6 is 0 Å². The maximum absolute atomic E-state index is 5.42. The summed E-state index contributed by atoms with van der Waals surface area (Å²) in [6.45, 7) is 9.24. The third-order valence-corrected chi connectivity index (χ3v) is 5.08. The summed E-state index contributed by atoms with van der Waals surface area (Å²) in [5.41, 5.74) is 0.427. The molecule has 1 aliphatic carbocycles.